The highest BCUT2D eigenvalue weighted by molar-refractivity contribution is 5.89. The second-order valence-corrected chi connectivity index (χ2v) is 7.64. The molecule has 170 valence electrons. The van der Waals surface area contributed by atoms with Gasteiger partial charge in [-0.25, -0.2) is 24.1 Å². The van der Waals surface area contributed by atoms with Gasteiger partial charge in [0.25, 0.3) is 0 Å². The van der Waals surface area contributed by atoms with Crippen LogP contribution in [0, 0.1) is 12.7 Å². The number of carbonyl (C=O) groups is 1. The molecule has 33 heavy (non-hydrogen) atoms. The van der Waals surface area contributed by atoms with Crippen LogP contribution in [0.15, 0.2) is 42.9 Å². The fourth-order valence-corrected chi connectivity index (χ4v) is 3.67. The Labute approximate surface area is 189 Å². The van der Waals surface area contributed by atoms with Crippen molar-refractivity contribution in [3.63, 3.8) is 0 Å². The molecule has 0 saturated carbocycles. The molecule has 1 atom stereocenters. The number of aryl methyl sites for hydroxylation is 1. The molecule has 4 N–H and O–H groups in total. The van der Waals surface area contributed by atoms with Gasteiger partial charge in [-0.1, -0.05) is 0 Å². The molecule has 0 bridgehead atoms. The Bertz CT molecular complexity index is 1350. The highest BCUT2D eigenvalue weighted by Gasteiger charge is 2.21. The first-order valence-corrected chi connectivity index (χ1v) is 10.2. The van der Waals surface area contributed by atoms with Crippen LogP contribution >= 0.6 is 0 Å². The molecular formula is C23H23FN6O3. The minimum absolute atomic E-state index is 0.0498. The van der Waals surface area contributed by atoms with Gasteiger partial charge in [0.2, 0.25) is 5.78 Å². The Morgan fingerprint density at radius 3 is 2.82 bits per heavy atom. The predicted molar refractivity (Wildman–Crippen MR) is 121 cm³/mol. The van der Waals surface area contributed by atoms with E-state index in [0.717, 1.165) is 29.1 Å². The lowest BCUT2D eigenvalue weighted by molar-refractivity contribution is 0.0691. The number of carboxylic acid groups (broad SMARTS) is 1. The van der Waals surface area contributed by atoms with Crippen LogP contribution in [0.25, 0.3) is 17.0 Å². The van der Waals surface area contributed by atoms with E-state index in [-0.39, 0.29) is 22.7 Å². The fraction of sp³-hybridized carbons (Fsp3) is 0.217. The van der Waals surface area contributed by atoms with E-state index in [4.69, 9.17) is 10.5 Å². The summed E-state index contributed by atoms with van der Waals surface area (Å²) >= 11 is 0. The number of aromatic carboxylic acids is 1. The molecule has 1 aromatic carbocycles. The molecule has 0 aliphatic heterocycles. The number of nitrogen functional groups attached to an aromatic ring is 1. The van der Waals surface area contributed by atoms with Gasteiger partial charge in [0.15, 0.2) is 11.6 Å². The number of pyridine rings is 1. The summed E-state index contributed by atoms with van der Waals surface area (Å²) in [6.45, 7) is 4.06. The summed E-state index contributed by atoms with van der Waals surface area (Å²) in [4.78, 5) is 24.8. The summed E-state index contributed by atoms with van der Waals surface area (Å²) in [6, 6.07) is 5.16. The summed E-state index contributed by atoms with van der Waals surface area (Å²) in [7, 11) is 1.82. The van der Waals surface area contributed by atoms with Gasteiger partial charge in [0.1, 0.15) is 11.9 Å². The Morgan fingerprint density at radius 1 is 1.30 bits per heavy atom. The Morgan fingerprint density at radius 2 is 2.09 bits per heavy atom. The maximum Gasteiger partial charge on any atom is 0.336 e. The molecule has 0 saturated heterocycles. The number of nitrogens with zero attached hydrogens (tertiary/aromatic N) is 4. The third-order valence-electron chi connectivity index (χ3n) is 5.17. The van der Waals surface area contributed by atoms with Crippen LogP contribution < -0.4 is 15.8 Å². The predicted octanol–water partition coefficient (Wildman–Crippen LogP) is 3.38. The van der Waals surface area contributed by atoms with Gasteiger partial charge >= 0.3 is 5.97 Å². The summed E-state index contributed by atoms with van der Waals surface area (Å²) in [6.07, 6.45) is 4.48. The lowest BCUT2D eigenvalue weighted by Crippen LogP contribution is -2.12. The van der Waals surface area contributed by atoms with Crippen molar-refractivity contribution in [2.45, 2.75) is 26.5 Å². The van der Waals surface area contributed by atoms with E-state index in [9.17, 15) is 14.3 Å². The maximum atomic E-state index is 13.8. The number of ether oxygens (including phenoxy) is 1. The molecule has 0 aliphatic carbocycles. The van der Waals surface area contributed by atoms with Crippen molar-refractivity contribution in [2.24, 2.45) is 0 Å². The Hall–Kier alpha value is -4.05. The zero-order chi connectivity index (χ0) is 23.7. The molecule has 0 aliphatic rings. The van der Waals surface area contributed by atoms with E-state index >= 15 is 0 Å². The van der Waals surface area contributed by atoms with Crippen LogP contribution in [0.3, 0.4) is 0 Å². The van der Waals surface area contributed by atoms with Crippen molar-refractivity contribution in [1.29, 1.82) is 0 Å². The zero-order valence-electron chi connectivity index (χ0n) is 18.3. The number of rotatable bonds is 7. The Kier molecular flexibility index (Phi) is 5.93. The van der Waals surface area contributed by atoms with Crippen molar-refractivity contribution in [1.82, 2.24) is 24.7 Å². The molecule has 1 unspecified atom stereocenters. The first-order chi connectivity index (χ1) is 15.8. The van der Waals surface area contributed by atoms with Crippen molar-refractivity contribution in [3.05, 3.63) is 71.1 Å². The van der Waals surface area contributed by atoms with E-state index in [1.807, 2.05) is 24.6 Å². The van der Waals surface area contributed by atoms with E-state index in [1.165, 1.54) is 6.07 Å². The molecule has 0 spiro atoms. The molecular weight excluding hydrogens is 427 g/mol. The highest BCUT2D eigenvalue weighted by Crippen LogP contribution is 2.33. The molecule has 4 aromatic rings. The van der Waals surface area contributed by atoms with Gasteiger partial charge < -0.3 is 20.9 Å². The first kappa shape index (κ1) is 22.2. The molecule has 0 radical (unpaired) electrons. The van der Waals surface area contributed by atoms with E-state index in [2.05, 4.69) is 20.3 Å². The van der Waals surface area contributed by atoms with Crippen LogP contribution in [0.1, 0.15) is 40.2 Å². The molecule has 3 heterocycles. The summed E-state index contributed by atoms with van der Waals surface area (Å²) in [5, 5.41) is 12.6. The van der Waals surface area contributed by atoms with Crippen LogP contribution in [0.5, 0.6) is 5.75 Å². The van der Waals surface area contributed by atoms with Crippen molar-refractivity contribution in [2.75, 3.05) is 12.8 Å². The van der Waals surface area contributed by atoms with Gasteiger partial charge in [-0.2, -0.15) is 0 Å². The van der Waals surface area contributed by atoms with Crippen LogP contribution in [0.4, 0.5) is 10.2 Å². The number of nitrogens with two attached hydrogens (primary N) is 1. The molecule has 9 nitrogen and oxygen atoms in total. The average Bonchev–Trinajstić information content (AvgIpc) is 3.12. The smallest absolute Gasteiger partial charge is 0.336 e. The van der Waals surface area contributed by atoms with Crippen molar-refractivity contribution in [3.8, 4) is 17.0 Å². The fourth-order valence-electron chi connectivity index (χ4n) is 3.67. The van der Waals surface area contributed by atoms with Crippen molar-refractivity contribution >= 4 is 17.6 Å². The second-order valence-electron chi connectivity index (χ2n) is 7.64. The van der Waals surface area contributed by atoms with E-state index < -0.39 is 17.9 Å². The monoisotopic (exact) mass is 450 g/mol. The number of anilines is 1. The standard InChI is InChI=1S/C23H23FN6O3/c1-12-8-28-23-29-18(10-26-3)20(30(23)11-12)14-6-19(21(25)27-9-14)33-13(2)17-7-15(24)4-5-16(17)22(31)32/h4-9,11,13,26H,10H2,1-3H3,(H2,25,27)(H,31,32). The normalized spacial score (nSPS) is 12.1. The summed E-state index contributed by atoms with van der Waals surface area (Å²) in [5.41, 5.74) is 9.38. The van der Waals surface area contributed by atoms with Crippen LogP contribution in [-0.4, -0.2) is 37.5 Å². The topological polar surface area (TPSA) is 128 Å². The molecule has 10 heteroatoms. The van der Waals surface area contributed by atoms with Crippen LogP contribution in [-0.2, 0) is 6.54 Å². The third kappa shape index (κ3) is 4.33. The molecule has 0 amide bonds. The number of fused-ring (bicyclic) bond motifs is 1. The minimum atomic E-state index is -1.18. The van der Waals surface area contributed by atoms with E-state index in [0.29, 0.717) is 17.9 Å². The lowest BCUT2D eigenvalue weighted by atomic mass is 10.0. The number of aromatic nitrogens is 4. The van der Waals surface area contributed by atoms with Gasteiger partial charge in [0.05, 0.1) is 17.0 Å². The maximum absolute atomic E-state index is 13.8. The SMILES string of the molecule is CNCc1nc2ncc(C)cn2c1-c1cnc(N)c(OC(C)c2cc(F)ccc2C(=O)O)c1. The molecule has 3 aromatic heterocycles. The molecule has 4 rings (SSSR count). The highest BCUT2D eigenvalue weighted by atomic mass is 19.1. The molecule has 0 fully saturated rings. The van der Waals surface area contributed by atoms with Gasteiger partial charge in [-0.3, -0.25) is 4.40 Å². The quantitative estimate of drug-likeness (QED) is 0.391. The number of imidazole rings is 1. The second kappa shape index (κ2) is 8.83. The van der Waals surface area contributed by atoms with Crippen molar-refractivity contribution < 1.29 is 19.0 Å². The lowest BCUT2D eigenvalue weighted by Gasteiger charge is -2.18. The summed E-state index contributed by atoms with van der Waals surface area (Å²) < 4.78 is 21.7. The number of hydrogen-bond donors (Lipinski definition) is 3. The van der Waals surface area contributed by atoms with Gasteiger partial charge in [-0.15, -0.1) is 0 Å². The summed E-state index contributed by atoms with van der Waals surface area (Å²) in [5.74, 6) is -0.829. The number of carboxylic acids is 1. The Balaban J connectivity index is 1.78. The number of benzene rings is 1. The minimum Gasteiger partial charge on any atom is -0.482 e. The largest absolute Gasteiger partial charge is 0.482 e. The average molecular weight is 450 g/mol. The number of hydrogen-bond acceptors (Lipinski definition) is 7. The first-order valence-electron chi connectivity index (χ1n) is 10.2. The zero-order valence-corrected chi connectivity index (χ0v) is 18.3. The third-order valence-corrected chi connectivity index (χ3v) is 5.17. The van der Waals surface area contributed by atoms with Gasteiger partial charge in [0, 0.05) is 36.3 Å². The van der Waals surface area contributed by atoms with Gasteiger partial charge in [-0.05, 0) is 50.7 Å². The number of nitrogens with one attached hydrogen (secondary N) is 1. The van der Waals surface area contributed by atoms with Crippen LogP contribution in [0.2, 0.25) is 0 Å². The number of halogens is 1. The van der Waals surface area contributed by atoms with E-state index in [1.54, 1.807) is 25.4 Å².